The number of aromatic nitrogens is 3. The summed E-state index contributed by atoms with van der Waals surface area (Å²) in [5, 5.41) is 4.23. The second-order valence-electron chi connectivity index (χ2n) is 7.16. The third-order valence-electron chi connectivity index (χ3n) is 5.45. The van der Waals surface area contributed by atoms with Crippen molar-refractivity contribution in [3.8, 4) is 0 Å². The highest BCUT2D eigenvalue weighted by Crippen LogP contribution is 2.31. The van der Waals surface area contributed by atoms with Crippen molar-refractivity contribution in [2.75, 3.05) is 11.1 Å². The molecule has 6 nitrogen and oxygen atoms in total. The van der Waals surface area contributed by atoms with Crippen molar-refractivity contribution in [2.45, 2.75) is 69.9 Å². The molecule has 0 unspecified atom stereocenters. The summed E-state index contributed by atoms with van der Waals surface area (Å²) in [5.41, 5.74) is 7.15. The second kappa shape index (κ2) is 6.42. The van der Waals surface area contributed by atoms with E-state index < -0.39 is 0 Å². The van der Waals surface area contributed by atoms with Crippen molar-refractivity contribution in [3.63, 3.8) is 0 Å². The first-order valence-corrected chi connectivity index (χ1v) is 9.16. The van der Waals surface area contributed by atoms with Crippen LogP contribution in [0.25, 0.3) is 11.0 Å². The summed E-state index contributed by atoms with van der Waals surface area (Å²) in [6, 6.07) is 2.18. The zero-order chi connectivity index (χ0) is 16.5. The summed E-state index contributed by atoms with van der Waals surface area (Å²) >= 11 is 0. The summed E-state index contributed by atoms with van der Waals surface area (Å²) in [5.74, 6) is 0.617. The Hall–Kier alpha value is -2.11. The standard InChI is InChI=1S/C18H25N5O/c19-15-10-16(24)23(13-8-4-5-9-13)17-14(15)11-20-18(22-17)21-12-6-2-1-3-7-12/h10-13H,1-9,19H2,(H,20,21,22). The van der Waals surface area contributed by atoms with Gasteiger partial charge in [0, 0.05) is 30.0 Å². The smallest absolute Gasteiger partial charge is 0.254 e. The molecule has 0 bridgehead atoms. The molecule has 0 aliphatic heterocycles. The van der Waals surface area contributed by atoms with Gasteiger partial charge in [-0.1, -0.05) is 32.1 Å². The Labute approximate surface area is 141 Å². The number of pyridine rings is 1. The fourth-order valence-electron chi connectivity index (χ4n) is 4.16. The molecule has 0 radical (unpaired) electrons. The number of nitrogen functional groups attached to an aromatic ring is 1. The molecule has 2 fully saturated rings. The summed E-state index contributed by atoms with van der Waals surface area (Å²) in [6.07, 6.45) is 12.3. The third-order valence-corrected chi connectivity index (χ3v) is 5.45. The zero-order valence-electron chi connectivity index (χ0n) is 14.0. The number of nitrogens with zero attached hydrogens (tertiary/aromatic N) is 3. The van der Waals surface area contributed by atoms with Crippen molar-refractivity contribution >= 4 is 22.7 Å². The molecule has 3 N–H and O–H groups in total. The van der Waals surface area contributed by atoms with E-state index in [9.17, 15) is 4.79 Å². The van der Waals surface area contributed by atoms with Crippen LogP contribution in [0.1, 0.15) is 63.8 Å². The van der Waals surface area contributed by atoms with Crippen molar-refractivity contribution in [3.05, 3.63) is 22.6 Å². The molecule has 2 saturated carbocycles. The molecule has 2 aliphatic rings. The first kappa shape index (κ1) is 15.4. The maximum atomic E-state index is 12.5. The van der Waals surface area contributed by atoms with Gasteiger partial charge in [-0.3, -0.25) is 9.36 Å². The quantitative estimate of drug-likeness (QED) is 0.904. The number of fused-ring (bicyclic) bond motifs is 1. The molecule has 6 heteroatoms. The largest absolute Gasteiger partial charge is 0.398 e. The number of nitrogens with one attached hydrogen (secondary N) is 1. The lowest BCUT2D eigenvalue weighted by molar-refractivity contribution is 0.460. The number of rotatable bonds is 3. The van der Waals surface area contributed by atoms with E-state index in [1.807, 2.05) is 4.57 Å². The van der Waals surface area contributed by atoms with Crippen LogP contribution in [0.15, 0.2) is 17.1 Å². The SMILES string of the molecule is Nc1cc(=O)n(C2CCCC2)c2nc(NC3CCCCC3)ncc12. The highest BCUT2D eigenvalue weighted by molar-refractivity contribution is 5.87. The first-order chi connectivity index (χ1) is 11.7. The van der Waals surface area contributed by atoms with Gasteiger partial charge in [0.05, 0.1) is 5.39 Å². The molecule has 2 aromatic rings. The van der Waals surface area contributed by atoms with E-state index in [2.05, 4.69) is 10.3 Å². The van der Waals surface area contributed by atoms with Crippen LogP contribution in [0.5, 0.6) is 0 Å². The topological polar surface area (TPSA) is 85.8 Å². The average Bonchev–Trinajstić information content (AvgIpc) is 3.10. The molecule has 2 heterocycles. The van der Waals surface area contributed by atoms with E-state index in [1.165, 1.54) is 38.2 Å². The Kier molecular flexibility index (Phi) is 4.12. The molecular weight excluding hydrogens is 302 g/mol. The van der Waals surface area contributed by atoms with E-state index in [1.54, 1.807) is 6.20 Å². The Morgan fingerprint density at radius 3 is 2.54 bits per heavy atom. The van der Waals surface area contributed by atoms with Gasteiger partial charge in [-0.25, -0.2) is 4.98 Å². The van der Waals surface area contributed by atoms with Crippen molar-refractivity contribution in [2.24, 2.45) is 0 Å². The Morgan fingerprint density at radius 2 is 1.79 bits per heavy atom. The second-order valence-corrected chi connectivity index (χ2v) is 7.16. The molecule has 24 heavy (non-hydrogen) atoms. The fraction of sp³-hybridized carbons (Fsp3) is 0.611. The van der Waals surface area contributed by atoms with Crippen LogP contribution in [0.2, 0.25) is 0 Å². The van der Waals surface area contributed by atoms with E-state index in [4.69, 9.17) is 10.7 Å². The van der Waals surface area contributed by atoms with Crippen molar-refractivity contribution < 1.29 is 0 Å². The van der Waals surface area contributed by atoms with Crippen LogP contribution in [0.3, 0.4) is 0 Å². The van der Waals surface area contributed by atoms with Gasteiger partial charge in [-0.2, -0.15) is 4.98 Å². The summed E-state index contributed by atoms with van der Waals surface area (Å²) < 4.78 is 1.84. The molecule has 0 saturated heterocycles. The Morgan fingerprint density at radius 1 is 1.08 bits per heavy atom. The van der Waals surface area contributed by atoms with Crippen LogP contribution >= 0.6 is 0 Å². The highest BCUT2D eigenvalue weighted by atomic mass is 16.1. The maximum Gasteiger partial charge on any atom is 0.254 e. The lowest BCUT2D eigenvalue weighted by Gasteiger charge is -2.23. The highest BCUT2D eigenvalue weighted by Gasteiger charge is 2.22. The summed E-state index contributed by atoms with van der Waals surface area (Å²) in [7, 11) is 0. The lowest BCUT2D eigenvalue weighted by atomic mass is 9.96. The minimum atomic E-state index is -0.0470. The molecule has 0 spiro atoms. The Bertz CT molecular complexity index is 788. The van der Waals surface area contributed by atoms with Crippen LogP contribution in [-0.4, -0.2) is 20.6 Å². The number of hydrogen-bond donors (Lipinski definition) is 2. The molecule has 128 valence electrons. The van der Waals surface area contributed by atoms with Gasteiger partial charge >= 0.3 is 0 Å². The van der Waals surface area contributed by atoms with Gasteiger partial charge in [0.15, 0.2) is 5.65 Å². The van der Waals surface area contributed by atoms with E-state index in [0.717, 1.165) is 31.1 Å². The van der Waals surface area contributed by atoms with Crippen LogP contribution in [0.4, 0.5) is 11.6 Å². The van der Waals surface area contributed by atoms with Crippen LogP contribution < -0.4 is 16.6 Å². The minimum Gasteiger partial charge on any atom is -0.398 e. The number of nitrogens with two attached hydrogens (primary N) is 1. The predicted octanol–water partition coefficient (Wildman–Crippen LogP) is 3.23. The molecule has 0 atom stereocenters. The Balaban J connectivity index is 1.75. The van der Waals surface area contributed by atoms with Gasteiger partial charge in [0.25, 0.3) is 5.56 Å². The zero-order valence-corrected chi connectivity index (χ0v) is 14.0. The summed E-state index contributed by atoms with van der Waals surface area (Å²) in [4.78, 5) is 21.7. The van der Waals surface area contributed by atoms with Gasteiger partial charge in [0.1, 0.15) is 0 Å². The molecule has 2 aliphatic carbocycles. The number of hydrogen-bond acceptors (Lipinski definition) is 5. The van der Waals surface area contributed by atoms with Crippen molar-refractivity contribution in [1.29, 1.82) is 0 Å². The first-order valence-electron chi connectivity index (χ1n) is 9.16. The molecule has 0 aromatic carbocycles. The molecular formula is C18H25N5O. The lowest BCUT2D eigenvalue weighted by Crippen LogP contribution is -2.26. The number of anilines is 2. The average molecular weight is 327 g/mol. The van der Waals surface area contributed by atoms with E-state index >= 15 is 0 Å². The molecule has 0 amide bonds. The fourth-order valence-corrected chi connectivity index (χ4v) is 4.16. The van der Waals surface area contributed by atoms with E-state index in [-0.39, 0.29) is 11.6 Å². The molecule has 4 rings (SSSR count). The molecule has 2 aromatic heterocycles. The van der Waals surface area contributed by atoms with Gasteiger partial charge in [-0.15, -0.1) is 0 Å². The summed E-state index contributed by atoms with van der Waals surface area (Å²) in [6.45, 7) is 0. The predicted molar refractivity (Wildman–Crippen MR) is 96.2 cm³/mol. The van der Waals surface area contributed by atoms with Gasteiger partial charge < -0.3 is 11.1 Å². The van der Waals surface area contributed by atoms with Crippen LogP contribution in [-0.2, 0) is 0 Å². The van der Waals surface area contributed by atoms with Gasteiger partial charge in [0.2, 0.25) is 5.95 Å². The van der Waals surface area contributed by atoms with Crippen molar-refractivity contribution in [1.82, 2.24) is 14.5 Å². The van der Waals surface area contributed by atoms with Gasteiger partial charge in [-0.05, 0) is 25.7 Å². The van der Waals surface area contributed by atoms with E-state index in [0.29, 0.717) is 23.3 Å². The maximum absolute atomic E-state index is 12.5. The monoisotopic (exact) mass is 327 g/mol. The third kappa shape index (κ3) is 2.85. The normalized spacial score (nSPS) is 19.8. The van der Waals surface area contributed by atoms with Crippen LogP contribution in [0, 0.1) is 0 Å². The minimum absolute atomic E-state index is 0.0470.